The van der Waals surface area contributed by atoms with Gasteiger partial charge in [0.25, 0.3) is 5.56 Å². The van der Waals surface area contributed by atoms with Crippen LogP contribution in [0.2, 0.25) is 0 Å². The zero-order valence-corrected chi connectivity index (χ0v) is 12.6. The van der Waals surface area contributed by atoms with Crippen molar-refractivity contribution in [2.45, 2.75) is 20.8 Å². The van der Waals surface area contributed by atoms with Crippen molar-refractivity contribution in [3.8, 4) is 6.07 Å². The molecule has 1 heterocycles. The van der Waals surface area contributed by atoms with E-state index in [1.54, 1.807) is 19.9 Å². The molecule has 0 aliphatic heterocycles. The van der Waals surface area contributed by atoms with Crippen LogP contribution < -0.4 is 16.1 Å². The minimum Gasteiger partial charge on any atom is -0.462 e. The largest absolute Gasteiger partial charge is 0.462 e. The SMILES string of the molecule is C=c1c(C)c(C(=O)OCC)/c(=C(/C#N)C(=O)OCC)[nH]c1=O. The van der Waals surface area contributed by atoms with Gasteiger partial charge in [-0.15, -0.1) is 0 Å². The van der Waals surface area contributed by atoms with Crippen LogP contribution in [-0.2, 0) is 14.3 Å². The Hall–Kier alpha value is -2.88. The van der Waals surface area contributed by atoms with E-state index < -0.39 is 23.1 Å². The number of pyridine rings is 1. The molecule has 0 aromatic carbocycles. The Morgan fingerprint density at radius 2 is 1.86 bits per heavy atom. The molecule has 0 atom stereocenters. The van der Waals surface area contributed by atoms with Gasteiger partial charge in [0.2, 0.25) is 0 Å². The number of carbonyl (C=O) groups is 2. The van der Waals surface area contributed by atoms with Crippen molar-refractivity contribution in [3.05, 3.63) is 32.0 Å². The summed E-state index contributed by atoms with van der Waals surface area (Å²) in [5, 5.41) is 9.04. The van der Waals surface area contributed by atoms with Crippen molar-refractivity contribution >= 4 is 24.1 Å². The van der Waals surface area contributed by atoms with Crippen molar-refractivity contribution < 1.29 is 19.1 Å². The fourth-order valence-corrected chi connectivity index (χ4v) is 1.81. The van der Waals surface area contributed by atoms with Gasteiger partial charge in [-0.05, 0) is 26.3 Å². The monoisotopic (exact) mass is 304 g/mol. The number of ether oxygens (including phenoxy) is 2. The van der Waals surface area contributed by atoms with Crippen molar-refractivity contribution in [2.24, 2.45) is 0 Å². The Morgan fingerprint density at radius 1 is 1.27 bits per heavy atom. The Morgan fingerprint density at radius 3 is 2.36 bits per heavy atom. The molecule has 0 aliphatic carbocycles. The molecule has 0 fully saturated rings. The number of hydrogen-bond acceptors (Lipinski definition) is 6. The molecule has 0 bridgehead atoms. The van der Waals surface area contributed by atoms with E-state index in [1.165, 1.54) is 6.92 Å². The smallest absolute Gasteiger partial charge is 0.351 e. The minimum absolute atomic E-state index is 0.0510. The van der Waals surface area contributed by atoms with E-state index in [2.05, 4.69) is 11.6 Å². The van der Waals surface area contributed by atoms with Gasteiger partial charge < -0.3 is 14.5 Å². The molecule has 0 saturated heterocycles. The molecule has 0 amide bonds. The summed E-state index contributed by atoms with van der Waals surface area (Å²) < 4.78 is 9.68. The van der Waals surface area contributed by atoms with Gasteiger partial charge in [-0.3, -0.25) is 4.79 Å². The van der Waals surface area contributed by atoms with Crippen LogP contribution >= 0.6 is 0 Å². The van der Waals surface area contributed by atoms with Crippen molar-refractivity contribution in [2.75, 3.05) is 13.2 Å². The molecule has 116 valence electrons. The Labute approximate surface area is 126 Å². The molecule has 0 radical (unpaired) electrons. The highest BCUT2D eigenvalue weighted by Crippen LogP contribution is 2.02. The summed E-state index contributed by atoms with van der Waals surface area (Å²) >= 11 is 0. The summed E-state index contributed by atoms with van der Waals surface area (Å²) in [6.45, 7) is 8.41. The molecule has 0 unspecified atom stereocenters. The normalized spacial score (nSPS) is 11.4. The number of rotatable bonds is 4. The lowest BCUT2D eigenvalue weighted by Crippen LogP contribution is -2.41. The Kier molecular flexibility index (Phi) is 5.64. The minimum atomic E-state index is -0.928. The maximum Gasteiger partial charge on any atom is 0.351 e. The molecular weight excluding hydrogens is 288 g/mol. The summed E-state index contributed by atoms with van der Waals surface area (Å²) in [7, 11) is 0. The average Bonchev–Trinajstić information content (AvgIpc) is 2.46. The van der Waals surface area contributed by atoms with E-state index in [0.29, 0.717) is 0 Å². The van der Waals surface area contributed by atoms with Crippen LogP contribution in [-0.4, -0.2) is 30.1 Å². The predicted molar refractivity (Wildman–Crippen MR) is 78.2 cm³/mol. The number of nitrogens with zero attached hydrogens (tertiary/aromatic N) is 1. The van der Waals surface area contributed by atoms with Gasteiger partial charge in [0, 0.05) is 5.22 Å². The third kappa shape index (κ3) is 3.23. The van der Waals surface area contributed by atoms with Gasteiger partial charge in [0.05, 0.1) is 24.1 Å². The van der Waals surface area contributed by atoms with Crippen molar-refractivity contribution in [1.82, 2.24) is 4.98 Å². The second-order valence-electron chi connectivity index (χ2n) is 4.24. The van der Waals surface area contributed by atoms with Crippen LogP contribution in [0.25, 0.3) is 12.2 Å². The highest BCUT2D eigenvalue weighted by atomic mass is 16.5. The first-order valence-electron chi connectivity index (χ1n) is 6.59. The number of H-pyrrole nitrogens is 1. The molecule has 1 rings (SSSR count). The third-order valence-corrected chi connectivity index (χ3v) is 2.91. The molecule has 0 aliphatic rings. The number of hydrogen-bond donors (Lipinski definition) is 1. The molecule has 7 nitrogen and oxygen atoms in total. The van der Waals surface area contributed by atoms with Crippen molar-refractivity contribution in [1.29, 1.82) is 5.26 Å². The van der Waals surface area contributed by atoms with Gasteiger partial charge >= 0.3 is 11.9 Å². The molecule has 1 aromatic rings. The van der Waals surface area contributed by atoms with Gasteiger partial charge in [-0.25, -0.2) is 9.59 Å². The maximum absolute atomic E-state index is 12.1. The van der Waals surface area contributed by atoms with Crippen LogP contribution in [0.4, 0.5) is 0 Å². The van der Waals surface area contributed by atoms with E-state index in [9.17, 15) is 19.6 Å². The highest BCUT2D eigenvalue weighted by molar-refractivity contribution is 6.16. The second-order valence-corrected chi connectivity index (χ2v) is 4.24. The molecular formula is C15H16N2O5. The Balaban J connectivity index is 3.91. The average molecular weight is 304 g/mol. The van der Waals surface area contributed by atoms with Crippen LogP contribution in [0.3, 0.4) is 0 Å². The summed E-state index contributed by atoms with van der Waals surface area (Å²) in [6, 6.07) is 1.66. The van der Waals surface area contributed by atoms with Crippen LogP contribution in [0, 0.1) is 18.3 Å². The maximum atomic E-state index is 12.1. The van der Waals surface area contributed by atoms with Gasteiger partial charge in [0.15, 0.2) is 5.57 Å². The quantitative estimate of drug-likeness (QED) is 0.752. The predicted octanol–water partition coefficient (Wildman–Crippen LogP) is -0.492. The highest BCUT2D eigenvalue weighted by Gasteiger charge is 2.21. The van der Waals surface area contributed by atoms with E-state index >= 15 is 0 Å². The Bertz CT molecular complexity index is 814. The summed E-state index contributed by atoms with van der Waals surface area (Å²) in [6.07, 6.45) is 0. The third-order valence-electron chi connectivity index (χ3n) is 2.91. The number of carbonyl (C=O) groups excluding carboxylic acids is 2. The van der Waals surface area contributed by atoms with E-state index in [-0.39, 0.29) is 34.9 Å². The van der Waals surface area contributed by atoms with Crippen LogP contribution in [0.1, 0.15) is 29.8 Å². The zero-order valence-electron chi connectivity index (χ0n) is 12.6. The zero-order chi connectivity index (χ0) is 16.9. The standard InChI is InChI=1S/C15H16N2O5/c1-5-21-14(19)10(7-16)12-11(15(20)22-6-2)8(3)9(4)13(18)17-12/h4-6H2,1-3H3,(H,17,18)/b12-10+. The van der Waals surface area contributed by atoms with E-state index in [0.717, 1.165) is 0 Å². The number of nitrogens with one attached hydrogen (secondary N) is 1. The van der Waals surface area contributed by atoms with E-state index in [1.807, 2.05) is 0 Å². The lowest BCUT2D eigenvalue weighted by molar-refractivity contribution is -0.136. The lowest BCUT2D eigenvalue weighted by Gasteiger charge is -2.08. The van der Waals surface area contributed by atoms with Crippen LogP contribution in [0.15, 0.2) is 4.79 Å². The molecule has 22 heavy (non-hydrogen) atoms. The molecule has 7 heteroatoms. The fourth-order valence-electron chi connectivity index (χ4n) is 1.81. The van der Waals surface area contributed by atoms with Crippen molar-refractivity contribution in [3.63, 3.8) is 0 Å². The summed E-state index contributed by atoms with van der Waals surface area (Å²) in [5.41, 5.74) is -0.895. The molecule has 1 N–H and O–H groups in total. The second kappa shape index (κ2) is 7.22. The lowest BCUT2D eigenvalue weighted by atomic mass is 10.1. The number of aromatic amines is 1. The topological polar surface area (TPSA) is 109 Å². The summed E-state index contributed by atoms with van der Waals surface area (Å²) in [5.74, 6) is -1.68. The first kappa shape index (κ1) is 17.2. The van der Waals surface area contributed by atoms with Gasteiger partial charge in [-0.1, -0.05) is 6.58 Å². The molecule has 0 saturated carbocycles. The number of esters is 2. The molecule has 0 spiro atoms. The van der Waals surface area contributed by atoms with Gasteiger partial charge in [0.1, 0.15) is 6.07 Å². The fraction of sp³-hybridized carbons (Fsp3) is 0.333. The number of aromatic nitrogens is 1. The number of nitriles is 1. The van der Waals surface area contributed by atoms with Crippen LogP contribution in [0.5, 0.6) is 0 Å². The van der Waals surface area contributed by atoms with Gasteiger partial charge in [-0.2, -0.15) is 5.26 Å². The van der Waals surface area contributed by atoms with E-state index in [4.69, 9.17) is 9.47 Å². The molecule has 1 aromatic heterocycles. The first-order chi connectivity index (χ1) is 10.4. The first-order valence-corrected chi connectivity index (χ1v) is 6.59. The summed E-state index contributed by atoms with van der Waals surface area (Å²) in [4.78, 5) is 38.1.